The minimum atomic E-state index is -0.847. The quantitative estimate of drug-likeness (QED) is 0.844. The summed E-state index contributed by atoms with van der Waals surface area (Å²) in [6.07, 6.45) is 3.35. The van der Waals surface area contributed by atoms with Crippen LogP contribution in [0.5, 0.6) is 0 Å². The molecule has 0 aliphatic heterocycles. The Morgan fingerprint density at radius 2 is 1.94 bits per heavy atom. The highest BCUT2D eigenvalue weighted by Crippen LogP contribution is 2.18. The number of anilines is 1. The average Bonchev–Trinajstić information content (AvgIpc) is 2.28. The lowest BCUT2D eigenvalue weighted by atomic mass is 10.0. The third-order valence-electron chi connectivity index (χ3n) is 2.35. The Kier molecular flexibility index (Phi) is 2.81. The van der Waals surface area contributed by atoms with Crippen LogP contribution < -0.4 is 5.73 Å². The van der Waals surface area contributed by atoms with E-state index in [9.17, 15) is 8.78 Å². The molecule has 0 saturated heterocycles. The fourth-order valence-electron chi connectivity index (χ4n) is 1.48. The summed E-state index contributed by atoms with van der Waals surface area (Å²) in [6, 6.07) is 5.73. The van der Waals surface area contributed by atoms with Crippen molar-refractivity contribution in [2.24, 2.45) is 0 Å². The van der Waals surface area contributed by atoms with E-state index < -0.39 is 11.6 Å². The second-order valence-electron chi connectivity index (χ2n) is 3.46. The summed E-state index contributed by atoms with van der Waals surface area (Å²) >= 11 is 0. The van der Waals surface area contributed by atoms with Gasteiger partial charge in [0.2, 0.25) is 0 Å². The van der Waals surface area contributed by atoms with Crippen molar-refractivity contribution in [2.45, 2.75) is 6.42 Å². The van der Waals surface area contributed by atoms with Crippen LogP contribution in [0.1, 0.15) is 11.1 Å². The standard InChI is InChI=1S/C12H10F2N2/c13-10-3-1-2-8(12(10)14)6-9-7-16-5-4-11(9)15/h1-5,7H,6H2,(H2,15,16). The van der Waals surface area contributed by atoms with Crippen LogP contribution in [-0.2, 0) is 6.42 Å². The van der Waals surface area contributed by atoms with E-state index in [1.54, 1.807) is 18.5 Å². The van der Waals surface area contributed by atoms with Crippen LogP contribution in [0.15, 0.2) is 36.7 Å². The zero-order valence-electron chi connectivity index (χ0n) is 8.45. The van der Waals surface area contributed by atoms with Gasteiger partial charge in [-0.3, -0.25) is 4.98 Å². The fraction of sp³-hybridized carbons (Fsp3) is 0.0833. The van der Waals surface area contributed by atoms with Crippen molar-refractivity contribution in [3.05, 3.63) is 59.4 Å². The molecule has 0 bridgehead atoms. The maximum absolute atomic E-state index is 13.4. The van der Waals surface area contributed by atoms with E-state index in [0.29, 0.717) is 11.3 Å². The highest BCUT2D eigenvalue weighted by atomic mass is 19.2. The van der Waals surface area contributed by atoms with E-state index in [1.165, 1.54) is 12.1 Å². The average molecular weight is 220 g/mol. The van der Waals surface area contributed by atoms with E-state index in [2.05, 4.69) is 4.98 Å². The van der Waals surface area contributed by atoms with Gasteiger partial charge < -0.3 is 5.73 Å². The lowest BCUT2D eigenvalue weighted by Crippen LogP contribution is -1.99. The van der Waals surface area contributed by atoms with Gasteiger partial charge in [0.05, 0.1) is 0 Å². The summed E-state index contributed by atoms with van der Waals surface area (Å²) in [6.45, 7) is 0. The van der Waals surface area contributed by atoms with Crippen molar-refractivity contribution in [3.8, 4) is 0 Å². The topological polar surface area (TPSA) is 38.9 Å². The second kappa shape index (κ2) is 4.26. The van der Waals surface area contributed by atoms with Crippen LogP contribution >= 0.6 is 0 Å². The molecular formula is C12H10F2N2. The number of nitrogen functional groups attached to an aromatic ring is 1. The predicted molar refractivity (Wildman–Crippen MR) is 57.8 cm³/mol. The minimum Gasteiger partial charge on any atom is -0.398 e. The normalized spacial score (nSPS) is 10.4. The first-order valence-electron chi connectivity index (χ1n) is 4.79. The Morgan fingerprint density at radius 3 is 2.69 bits per heavy atom. The molecule has 16 heavy (non-hydrogen) atoms. The van der Waals surface area contributed by atoms with E-state index >= 15 is 0 Å². The first kappa shape index (κ1) is 10.5. The van der Waals surface area contributed by atoms with Gasteiger partial charge in [-0.2, -0.15) is 0 Å². The Balaban J connectivity index is 2.35. The van der Waals surface area contributed by atoms with Crippen LogP contribution in [0, 0.1) is 11.6 Å². The van der Waals surface area contributed by atoms with Gasteiger partial charge in [0.25, 0.3) is 0 Å². The molecule has 1 aromatic heterocycles. The number of benzene rings is 1. The number of nitrogens with two attached hydrogens (primary N) is 1. The molecule has 0 radical (unpaired) electrons. The number of pyridine rings is 1. The Morgan fingerprint density at radius 1 is 1.12 bits per heavy atom. The monoisotopic (exact) mass is 220 g/mol. The van der Waals surface area contributed by atoms with Crippen LogP contribution in [-0.4, -0.2) is 4.98 Å². The first-order valence-corrected chi connectivity index (χ1v) is 4.79. The van der Waals surface area contributed by atoms with Gasteiger partial charge >= 0.3 is 0 Å². The van der Waals surface area contributed by atoms with E-state index in [4.69, 9.17) is 5.73 Å². The van der Waals surface area contributed by atoms with Gasteiger partial charge in [-0.25, -0.2) is 8.78 Å². The smallest absolute Gasteiger partial charge is 0.162 e. The minimum absolute atomic E-state index is 0.239. The molecule has 1 aromatic carbocycles. The highest BCUT2D eigenvalue weighted by Gasteiger charge is 2.09. The second-order valence-corrected chi connectivity index (χ2v) is 3.46. The summed E-state index contributed by atoms with van der Waals surface area (Å²) in [5.74, 6) is -1.68. The number of aromatic nitrogens is 1. The van der Waals surface area contributed by atoms with E-state index in [1.807, 2.05) is 0 Å². The molecular weight excluding hydrogens is 210 g/mol. The summed E-state index contributed by atoms with van der Waals surface area (Å²) in [5, 5.41) is 0. The molecule has 0 saturated carbocycles. The predicted octanol–water partition coefficient (Wildman–Crippen LogP) is 2.53. The molecule has 0 aliphatic rings. The van der Waals surface area contributed by atoms with Crippen LogP contribution in [0.2, 0.25) is 0 Å². The maximum Gasteiger partial charge on any atom is 0.162 e. The molecule has 0 aliphatic carbocycles. The summed E-state index contributed by atoms with van der Waals surface area (Å²) in [7, 11) is 0. The molecule has 0 amide bonds. The molecule has 2 N–H and O–H groups in total. The van der Waals surface area contributed by atoms with Crippen LogP contribution in [0.3, 0.4) is 0 Å². The number of halogens is 2. The Labute approximate surface area is 91.7 Å². The highest BCUT2D eigenvalue weighted by molar-refractivity contribution is 5.46. The fourth-order valence-corrected chi connectivity index (χ4v) is 1.48. The molecule has 0 spiro atoms. The molecule has 2 nitrogen and oxygen atoms in total. The molecule has 4 heteroatoms. The van der Waals surface area contributed by atoms with E-state index in [-0.39, 0.29) is 12.0 Å². The number of nitrogens with zero attached hydrogens (tertiary/aromatic N) is 1. The molecule has 82 valence electrons. The summed E-state index contributed by atoms with van der Waals surface area (Å²) in [4.78, 5) is 3.90. The third kappa shape index (κ3) is 2.00. The lowest BCUT2D eigenvalue weighted by Gasteiger charge is -2.06. The lowest BCUT2D eigenvalue weighted by molar-refractivity contribution is 0.501. The summed E-state index contributed by atoms with van der Waals surface area (Å²) in [5.41, 5.74) is 7.19. The van der Waals surface area contributed by atoms with Gasteiger partial charge in [0, 0.05) is 24.5 Å². The SMILES string of the molecule is Nc1ccncc1Cc1cccc(F)c1F. The molecule has 2 rings (SSSR count). The van der Waals surface area contributed by atoms with E-state index in [0.717, 1.165) is 6.07 Å². The van der Waals surface area contributed by atoms with Gasteiger partial charge in [-0.1, -0.05) is 12.1 Å². The first-order chi connectivity index (χ1) is 7.68. The van der Waals surface area contributed by atoms with Crippen molar-refractivity contribution in [2.75, 3.05) is 5.73 Å². The molecule has 1 heterocycles. The van der Waals surface area contributed by atoms with Crippen molar-refractivity contribution >= 4 is 5.69 Å². The zero-order valence-corrected chi connectivity index (χ0v) is 8.45. The summed E-state index contributed by atoms with van der Waals surface area (Å²) < 4.78 is 26.3. The Bertz CT molecular complexity index is 512. The Hall–Kier alpha value is -1.97. The van der Waals surface area contributed by atoms with Crippen molar-refractivity contribution in [1.82, 2.24) is 4.98 Å². The number of hydrogen-bond acceptors (Lipinski definition) is 2. The molecule has 0 unspecified atom stereocenters. The van der Waals surface area contributed by atoms with Gasteiger partial charge in [-0.05, 0) is 23.3 Å². The maximum atomic E-state index is 13.4. The third-order valence-corrected chi connectivity index (χ3v) is 2.35. The number of rotatable bonds is 2. The molecule has 0 fully saturated rings. The van der Waals surface area contributed by atoms with Crippen molar-refractivity contribution in [3.63, 3.8) is 0 Å². The zero-order chi connectivity index (χ0) is 11.5. The van der Waals surface area contributed by atoms with Gasteiger partial charge in [-0.15, -0.1) is 0 Å². The molecule has 0 atom stereocenters. The van der Waals surface area contributed by atoms with Crippen molar-refractivity contribution in [1.29, 1.82) is 0 Å². The van der Waals surface area contributed by atoms with Crippen LogP contribution in [0.25, 0.3) is 0 Å². The largest absolute Gasteiger partial charge is 0.398 e. The van der Waals surface area contributed by atoms with Gasteiger partial charge in [0.15, 0.2) is 11.6 Å². The number of hydrogen-bond donors (Lipinski definition) is 1. The van der Waals surface area contributed by atoms with Crippen molar-refractivity contribution < 1.29 is 8.78 Å². The van der Waals surface area contributed by atoms with Gasteiger partial charge in [0.1, 0.15) is 0 Å². The molecule has 2 aromatic rings. The van der Waals surface area contributed by atoms with Crippen LogP contribution in [0.4, 0.5) is 14.5 Å².